The van der Waals surface area contributed by atoms with Crippen LogP contribution in [0.25, 0.3) is 0 Å². The minimum atomic E-state index is -0.370. The number of carbonyl (C=O) groups excluding carboxylic acids is 2. The van der Waals surface area contributed by atoms with Gasteiger partial charge in [-0.15, -0.1) is 0 Å². The maximum atomic E-state index is 11.6. The molecule has 96 valence electrons. The summed E-state index contributed by atoms with van der Waals surface area (Å²) in [6.45, 7) is 3.23. The van der Waals surface area contributed by atoms with Gasteiger partial charge in [-0.2, -0.15) is 0 Å². The Bertz CT molecular complexity index is 312. The number of nitrogens with zero attached hydrogens (tertiary/aromatic N) is 1. The molecule has 0 atom stereocenters. The number of unbranched alkanes of at least 4 members (excludes halogenated alkanes) is 1. The zero-order valence-corrected chi connectivity index (χ0v) is 10.1. The Labute approximate surface area is 101 Å². The van der Waals surface area contributed by atoms with Crippen molar-refractivity contribution in [3.8, 4) is 0 Å². The van der Waals surface area contributed by atoms with Crippen molar-refractivity contribution in [2.24, 2.45) is 0 Å². The normalized spacial score (nSPS) is 19.2. The third kappa shape index (κ3) is 4.09. The molecular formula is C12H19NO4. The first-order chi connectivity index (χ1) is 8.19. The van der Waals surface area contributed by atoms with Gasteiger partial charge in [-0.05, 0) is 12.8 Å². The summed E-state index contributed by atoms with van der Waals surface area (Å²) in [5.41, 5.74) is 0.383. The fourth-order valence-electron chi connectivity index (χ4n) is 1.62. The standard InChI is InChI=1S/C12H19NO4/c1-2-3-8-17-12(16)13-6-4-10(9-14)11(15)5-7-13/h9,14H,2-8H2,1H3/b10-9+. The van der Waals surface area contributed by atoms with Crippen LogP contribution >= 0.6 is 0 Å². The van der Waals surface area contributed by atoms with Crippen molar-refractivity contribution < 1.29 is 19.4 Å². The van der Waals surface area contributed by atoms with Gasteiger partial charge < -0.3 is 14.7 Å². The summed E-state index contributed by atoms with van der Waals surface area (Å²) in [4.78, 5) is 24.6. The Hall–Kier alpha value is -1.52. The number of amides is 1. The lowest BCUT2D eigenvalue weighted by Gasteiger charge is -2.19. The number of aliphatic hydroxyl groups excluding tert-OH is 1. The van der Waals surface area contributed by atoms with E-state index >= 15 is 0 Å². The quantitative estimate of drug-likeness (QED) is 0.466. The molecule has 0 saturated carbocycles. The Morgan fingerprint density at radius 2 is 2.18 bits per heavy atom. The second-order valence-electron chi connectivity index (χ2n) is 4.03. The highest BCUT2D eigenvalue weighted by molar-refractivity contribution is 5.95. The molecule has 0 unspecified atom stereocenters. The Morgan fingerprint density at radius 3 is 2.82 bits per heavy atom. The van der Waals surface area contributed by atoms with Gasteiger partial charge >= 0.3 is 6.09 Å². The first kappa shape index (κ1) is 13.5. The van der Waals surface area contributed by atoms with Crippen LogP contribution in [-0.2, 0) is 9.53 Å². The van der Waals surface area contributed by atoms with E-state index in [9.17, 15) is 9.59 Å². The van der Waals surface area contributed by atoms with Crippen LogP contribution < -0.4 is 0 Å². The Kier molecular flexibility index (Phi) is 5.52. The van der Waals surface area contributed by atoms with E-state index in [4.69, 9.17) is 9.84 Å². The van der Waals surface area contributed by atoms with Crippen molar-refractivity contribution in [3.63, 3.8) is 0 Å². The topological polar surface area (TPSA) is 66.8 Å². The van der Waals surface area contributed by atoms with E-state index < -0.39 is 0 Å². The molecule has 0 aromatic rings. The number of rotatable bonds is 3. The first-order valence-corrected chi connectivity index (χ1v) is 5.97. The molecule has 5 nitrogen and oxygen atoms in total. The van der Waals surface area contributed by atoms with Crippen LogP contribution in [-0.4, -0.2) is 41.6 Å². The van der Waals surface area contributed by atoms with Crippen LogP contribution in [0.15, 0.2) is 11.8 Å². The summed E-state index contributed by atoms with van der Waals surface area (Å²) in [7, 11) is 0. The van der Waals surface area contributed by atoms with E-state index in [0.717, 1.165) is 19.1 Å². The molecule has 0 spiro atoms. The molecule has 0 bridgehead atoms. The second kappa shape index (κ2) is 6.93. The van der Waals surface area contributed by atoms with Crippen LogP contribution in [0.3, 0.4) is 0 Å². The lowest BCUT2D eigenvalue weighted by molar-refractivity contribution is -0.115. The molecule has 1 aliphatic heterocycles. The van der Waals surface area contributed by atoms with Crippen molar-refractivity contribution in [1.82, 2.24) is 4.90 Å². The lowest BCUT2D eigenvalue weighted by atomic mass is 10.1. The summed E-state index contributed by atoms with van der Waals surface area (Å²) in [5.74, 6) is -0.101. The van der Waals surface area contributed by atoms with Gasteiger partial charge in [0, 0.05) is 25.1 Å². The maximum absolute atomic E-state index is 11.6. The molecule has 1 amide bonds. The maximum Gasteiger partial charge on any atom is 0.409 e. The van der Waals surface area contributed by atoms with Gasteiger partial charge in [-0.25, -0.2) is 4.79 Å². The molecule has 1 rings (SSSR count). The van der Waals surface area contributed by atoms with Crippen molar-refractivity contribution in [3.05, 3.63) is 11.8 Å². The highest BCUT2D eigenvalue weighted by Gasteiger charge is 2.22. The van der Waals surface area contributed by atoms with E-state index in [1.807, 2.05) is 6.92 Å². The molecule has 0 aromatic carbocycles. The molecule has 1 saturated heterocycles. The fourth-order valence-corrected chi connectivity index (χ4v) is 1.62. The highest BCUT2D eigenvalue weighted by Crippen LogP contribution is 2.13. The van der Waals surface area contributed by atoms with E-state index in [1.165, 1.54) is 4.90 Å². The molecule has 1 N–H and O–H groups in total. The smallest absolute Gasteiger partial charge is 0.409 e. The zero-order valence-electron chi connectivity index (χ0n) is 10.1. The Balaban J connectivity index is 2.45. The summed E-state index contributed by atoms with van der Waals surface area (Å²) in [6.07, 6.45) is 2.93. The second-order valence-corrected chi connectivity index (χ2v) is 4.03. The summed E-state index contributed by atoms with van der Waals surface area (Å²) in [5, 5.41) is 8.87. The number of Topliss-reactive ketones (excluding diaryl/α,β-unsaturated/α-hetero) is 1. The Morgan fingerprint density at radius 1 is 1.47 bits per heavy atom. The molecule has 1 fully saturated rings. The number of likely N-dealkylation sites (tertiary alicyclic amines) is 1. The van der Waals surface area contributed by atoms with Crippen LogP contribution in [0.4, 0.5) is 4.79 Å². The van der Waals surface area contributed by atoms with Crippen LogP contribution in [0.1, 0.15) is 32.6 Å². The largest absolute Gasteiger partial charge is 0.515 e. The SMILES string of the molecule is CCCCOC(=O)N1CCC(=O)/C(=C/O)CC1. The van der Waals surface area contributed by atoms with E-state index in [0.29, 0.717) is 31.7 Å². The highest BCUT2D eigenvalue weighted by atomic mass is 16.6. The molecule has 0 aromatic heterocycles. The van der Waals surface area contributed by atoms with Gasteiger partial charge in [0.1, 0.15) is 0 Å². The third-order valence-corrected chi connectivity index (χ3v) is 2.76. The number of ether oxygens (including phenoxy) is 1. The van der Waals surface area contributed by atoms with Crippen LogP contribution in [0, 0.1) is 0 Å². The molecular weight excluding hydrogens is 222 g/mol. The van der Waals surface area contributed by atoms with Gasteiger partial charge in [0.25, 0.3) is 0 Å². The van der Waals surface area contributed by atoms with Gasteiger partial charge in [-0.1, -0.05) is 13.3 Å². The van der Waals surface area contributed by atoms with Crippen LogP contribution in [0.2, 0.25) is 0 Å². The average Bonchev–Trinajstić information content (AvgIpc) is 2.51. The molecule has 0 radical (unpaired) electrons. The van der Waals surface area contributed by atoms with Gasteiger partial charge in [-0.3, -0.25) is 4.79 Å². The average molecular weight is 241 g/mol. The minimum Gasteiger partial charge on any atom is -0.515 e. The summed E-state index contributed by atoms with van der Waals surface area (Å²) >= 11 is 0. The first-order valence-electron chi connectivity index (χ1n) is 5.97. The molecule has 17 heavy (non-hydrogen) atoms. The number of carbonyl (C=O) groups is 2. The van der Waals surface area contributed by atoms with Gasteiger partial charge in [0.2, 0.25) is 0 Å². The third-order valence-electron chi connectivity index (χ3n) is 2.76. The van der Waals surface area contributed by atoms with Crippen molar-refractivity contribution >= 4 is 11.9 Å². The number of ketones is 1. The zero-order chi connectivity index (χ0) is 12.7. The molecule has 5 heteroatoms. The minimum absolute atomic E-state index is 0.101. The van der Waals surface area contributed by atoms with Crippen molar-refractivity contribution in [1.29, 1.82) is 0 Å². The van der Waals surface area contributed by atoms with Crippen LogP contribution in [0.5, 0.6) is 0 Å². The fraction of sp³-hybridized carbons (Fsp3) is 0.667. The van der Waals surface area contributed by atoms with E-state index in [2.05, 4.69) is 0 Å². The van der Waals surface area contributed by atoms with Crippen molar-refractivity contribution in [2.75, 3.05) is 19.7 Å². The lowest BCUT2D eigenvalue weighted by Crippen LogP contribution is -2.32. The van der Waals surface area contributed by atoms with E-state index in [1.54, 1.807) is 0 Å². The predicted molar refractivity (Wildman–Crippen MR) is 62.8 cm³/mol. The monoisotopic (exact) mass is 241 g/mol. The summed E-state index contributed by atoms with van der Waals surface area (Å²) in [6, 6.07) is 0. The molecule has 1 aliphatic rings. The summed E-state index contributed by atoms with van der Waals surface area (Å²) < 4.78 is 5.08. The van der Waals surface area contributed by atoms with Gasteiger partial charge in [0.05, 0.1) is 12.9 Å². The number of hydrogen-bond acceptors (Lipinski definition) is 4. The molecule has 0 aliphatic carbocycles. The molecule has 1 heterocycles. The number of aliphatic hydroxyl groups is 1. The van der Waals surface area contributed by atoms with E-state index in [-0.39, 0.29) is 18.3 Å². The predicted octanol–water partition coefficient (Wildman–Crippen LogP) is 2.03. The van der Waals surface area contributed by atoms with Crippen molar-refractivity contribution in [2.45, 2.75) is 32.6 Å². The number of hydrogen-bond donors (Lipinski definition) is 1. The van der Waals surface area contributed by atoms with Gasteiger partial charge in [0.15, 0.2) is 5.78 Å².